The number of hydrogen-bond donors (Lipinski definition) is 10. The molecule has 0 bridgehead atoms. The van der Waals surface area contributed by atoms with E-state index in [0.29, 0.717) is 22.3 Å². The zero-order chi connectivity index (χ0) is 91.7. The predicted molar refractivity (Wildman–Crippen MR) is 437 cm³/mol. The average molecular weight is 2110 g/mol. The number of nitro benzene ring substituents is 4. The monoisotopic (exact) mass is 2110 g/mol. The molecule has 41 nitrogen and oxygen atoms in total. The minimum absolute atomic E-state index is 0. The fourth-order valence-corrected chi connectivity index (χ4v) is 14.0. The van der Waals surface area contributed by atoms with E-state index in [4.69, 9.17) is 9.47 Å². The number of nitro groups is 4. The minimum Gasteiger partial charge on any atom is -1.00 e. The molecule has 0 spiro atoms. The van der Waals surface area contributed by atoms with E-state index in [9.17, 15) is 140 Å². The summed E-state index contributed by atoms with van der Waals surface area (Å²) in [4.78, 5) is 148. The van der Waals surface area contributed by atoms with Gasteiger partial charge in [-0.15, -0.1) is 11.8 Å². The molecular weight excluding hydrogens is 2040 g/mol. The van der Waals surface area contributed by atoms with Gasteiger partial charge in [0.25, 0.3) is 40.5 Å². The molecule has 0 radical (unpaired) electrons. The number of rotatable bonds is 29. The second-order valence-electron chi connectivity index (χ2n) is 25.9. The van der Waals surface area contributed by atoms with Crippen molar-refractivity contribution in [2.24, 2.45) is 0 Å². The number of carbonyl (C=O) groups excluding carboxylic acids is 9. The Labute approximate surface area is 949 Å². The number of aromatic nitrogens is 2. The van der Waals surface area contributed by atoms with E-state index in [1.807, 2.05) is 55.4 Å². The average Bonchev–Trinajstić information content (AvgIpc) is 1.73. The number of aliphatic hydroxyl groups excluding tert-OH is 7. The summed E-state index contributed by atoms with van der Waals surface area (Å²) in [7, 11) is 9.92. The Morgan fingerprint density at radius 3 is 1.40 bits per heavy atom. The molecule has 4 heterocycles. The van der Waals surface area contributed by atoms with Crippen LogP contribution in [0.15, 0.2) is 213 Å². The van der Waals surface area contributed by atoms with Crippen molar-refractivity contribution in [3.63, 3.8) is 0 Å². The van der Waals surface area contributed by atoms with Crippen LogP contribution in [0.3, 0.4) is 0 Å². The number of halogens is 2. The van der Waals surface area contributed by atoms with E-state index >= 15 is 0 Å². The number of aromatic carboxylic acids is 4. The van der Waals surface area contributed by atoms with Crippen LogP contribution in [0.4, 0.5) is 39.8 Å². The van der Waals surface area contributed by atoms with Crippen LogP contribution in [0.5, 0.6) is 0 Å². The first-order valence-electron chi connectivity index (χ1n) is 35.1. The van der Waals surface area contributed by atoms with E-state index in [-0.39, 0.29) is 342 Å². The number of benzene rings is 6. The molecule has 3 amide bonds. The number of anilines is 3. The van der Waals surface area contributed by atoms with E-state index in [0.717, 1.165) is 73.8 Å². The number of non-ortho nitro benzene ring substituents is 3. The number of thiol groups is 2. The Kier molecular flexibility index (Phi) is 56.3. The van der Waals surface area contributed by atoms with Gasteiger partial charge in [-0.25, -0.2) is 18.7 Å². The van der Waals surface area contributed by atoms with Crippen LogP contribution in [-0.4, -0.2) is 214 Å². The van der Waals surface area contributed by atoms with E-state index in [2.05, 4.69) is 30.6 Å². The number of nitrogens with one attached hydrogen (secondary N) is 1. The first-order chi connectivity index (χ1) is 57.9. The summed E-state index contributed by atoms with van der Waals surface area (Å²) < 4.78 is 13.1. The summed E-state index contributed by atoms with van der Waals surface area (Å²) in [6.07, 6.45) is 0.843. The molecule has 129 heavy (non-hydrogen) atoms. The van der Waals surface area contributed by atoms with Crippen LogP contribution < -0.4 is 284 Å². The van der Waals surface area contributed by atoms with Crippen molar-refractivity contribution in [3.8, 4) is 11.1 Å². The maximum Gasteiger partial charge on any atom is 1.00 e. The van der Waals surface area contributed by atoms with Crippen molar-refractivity contribution >= 4 is 154 Å². The molecule has 6 atom stereocenters. The van der Waals surface area contributed by atoms with Crippen LogP contribution in [0.25, 0.3) is 11.1 Å². The predicted octanol–water partition coefficient (Wildman–Crippen LogP) is -15.4. The number of carboxylic acid groups (broad SMARTS) is 4. The normalized spacial score (nSPS) is 13.4. The standard InChI is InChI=1S/C23H22N2O9.C16H15N3O5.C15H14N2O4S.C13H15N3O6S2.C10H11NO6S2.2BrH.4K/c1-12-17(28)20(33-22(12)31)15(26)10-24-6-2-13(3-7-24)14-4-8-25(9-5-14)11-16(27)21-18(29)19(30)23(32)34-21;1-18(2)13-8-4-7-12(14(13)16(21)22)15(20)17-10-5-3-6-11(9-10)19(23)24;1-16(2)10-3-6-12(7-4-10)22-14-8-5-11(17(20)21)9-13(14)15(18)19;1-14(11(17)6-23)15(2)12(18)7-24-10-4-3-8(16(21)22)5-9(10)13(19)20;12-7(4-18)10(15)19-8-5(9(13)14)2-1-3-6(8)11(16)17;;;;;;/h2-9,15-16,20-21,26-27H,10-11H2,1H3,(H,28,31);3-9H,1-2H3,(H,17,20)(H,21,22);3-9H,1-2H3,(H,18,19);3-5,23H,6-7H2,1-2H3,(H,19,20);1-3,7,10,12,15,18H,4H2,(H,13,14);2*1H;;;;/q;;;;;;;4*+1/p-4. The Balaban J connectivity index is 0.00000159. The molecule has 0 saturated carbocycles. The van der Waals surface area contributed by atoms with Crippen molar-refractivity contribution in [2.45, 2.75) is 75.6 Å². The van der Waals surface area contributed by atoms with E-state index in [1.54, 1.807) is 77.2 Å². The number of ether oxygens (including phenoxy) is 2. The summed E-state index contributed by atoms with van der Waals surface area (Å²) >= 11 is 10.2. The Morgan fingerprint density at radius 2 is 0.977 bits per heavy atom. The van der Waals surface area contributed by atoms with Crippen molar-refractivity contribution < 1.29 is 377 Å². The quantitative estimate of drug-likeness (QED) is 0.00304. The summed E-state index contributed by atoms with van der Waals surface area (Å²) in [6, 6.07) is 35.0. The Morgan fingerprint density at radius 1 is 0.527 bits per heavy atom. The summed E-state index contributed by atoms with van der Waals surface area (Å²) in [5.41, 5.74) is -0.691. The fraction of sp³-hybridized carbons (Fsp3) is 0.234. The van der Waals surface area contributed by atoms with Crippen LogP contribution >= 0.6 is 60.5 Å². The number of hydrogen-bond acceptors (Lipinski definition) is 37. The number of esters is 2. The van der Waals surface area contributed by atoms with Gasteiger partial charge in [0.2, 0.25) is 5.76 Å². The number of aliphatic hydroxyl groups is 7. The second-order valence-corrected chi connectivity index (χ2v) is 29.9. The third-order valence-corrected chi connectivity index (χ3v) is 21.2. The summed E-state index contributed by atoms with van der Waals surface area (Å²) in [6.45, 7) is 1.55. The van der Waals surface area contributed by atoms with E-state index < -0.39 is 126 Å². The molecule has 8 aromatic rings. The van der Waals surface area contributed by atoms with E-state index in [1.165, 1.54) is 87.4 Å². The molecule has 10 rings (SSSR count). The first kappa shape index (κ1) is 123. The fourth-order valence-electron chi connectivity index (χ4n) is 10.6. The molecular formula is C77H75Br2K4N11O30S5. The van der Waals surface area contributed by atoms with Crippen LogP contribution in [-0.2, 0) is 41.7 Å². The molecule has 0 aliphatic carbocycles. The molecule has 8 N–H and O–H groups in total. The van der Waals surface area contributed by atoms with Crippen molar-refractivity contribution in [1.82, 2.24) is 10.0 Å². The van der Waals surface area contributed by atoms with Gasteiger partial charge in [-0.1, -0.05) is 47.8 Å². The van der Waals surface area contributed by atoms with Gasteiger partial charge in [0.05, 0.1) is 77.2 Å². The Hall–Kier alpha value is -5.97. The molecule has 666 valence electrons. The van der Waals surface area contributed by atoms with Gasteiger partial charge in [0.1, 0.15) is 11.2 Å². The Bertz CT molecular complexity index is 5290. The molecule has 2 aliphatic rings. The maximum atomic E-state index is 12.4. The van der Waals surface area contributed by atoms with Crippen LogP contribution in [0.1, 0.15) is 58.7 Å². The first-order valence-corrected chi connectivity index (χ1v) is 39.1. The van der Waals surface area contributed by atoms with Crippen molar-refractivity contribution in [1.29, 1.82) is 0 Å². The number of amides is 3. The topological polar surface area (TPSA) is 611 Å². The number of carbonyl (C=O) groups is 9. The van der Waals surface area contributed by atoms with Gasteiger partial charge in [-0.2, -0.15) is 25.3 Å². The van der Waals surface area contributed by atoms with Crippen molar-refractivity contribution in [2.75, 3.05) is 74.7 Å². The molecule has 2 aromatic heterocycles. The second kappa shape index (κ2) is 59.0. The smallest absolute Gasteiger partial charge is 1.00 e. The third kappa shape index (κ3) is 36.0. The molecule has 0 saturated heterocycles. The van der Waals surface area contributed by atoms with Gasteiger partial charge in [-0.05, 0) is 72.6 Å². The zero-order valence-electron chi connectivity index (χ0n) is 70.0. The molecule has 52 heteroatoms. The third-order valence-electron chi connectivity index (χ3n) is 17.2. The van der Waals surface area contributed by atoms with Crippen LogP contribution in [0.2, 0.25) is 0 Å². The van der Waals surface area contributed by atoms with Gasteiger partial charge in [0, 0.05) is 169 Å². The number of pyridine rings is 2. The van der Waals surface area contributed by atoms with Crippen LogP contribution in [0, 0.1) is 40.5 Å². The maximum absolute atomic E-state index is 12.4. The molecule has 6 unspecified atom stereocenters. The zero-order valence-corrected chi connectivity index (χ0v) is 89.9. The van der Waals surface area contributed by atoms with Crippen molar-refractivity contribution in [3.05, 3.63) is 262 Å². The van der Waals surface area contributed by atoms with Gasteiger partial charge < -0.3 is 134 Å². The number of thioether (sulfide) groups is 2. The minimum atomic E-state index is -1.60. The molecule has 6 aromatic carbocycles. The summed E-state index contributed by atoms with van der Waals surface area (Å²) in [5, 5.41) is 161. The number of carboxylic acids is 4. The number of hydrazine groups is 1. The summed E-state index contributed by atoms with van der Waals surface area (Å²) in [5.74, 6) is -11.5. The SMILES string of the molecule is CC1=C(O)C(C(O)C[n+]2ccc(-c3cc[n+](CC(O)C4OC(=O)C(O)=C4O)cc3)cc2)OC1=O.CN(C(=O)CS)N(C)C(=O)CSc1ccc([N+](=O)[O-])cc1C(=O)[O-].CN(C)c1ccc(Sc2ccc([N+](=O)[O-])cc2C(=O)[O-])cc1.CN(C)c1cccc(C(=O)Nc2cccc([N+](=O)[O-])c2)c1C(=O)[O-].O=C([O-])c1cccc([N+](=O)[O-])c1SC(O)C(O)CS.[Br-].[Br-].[K+].[K+].[K+].[K+]. The van der Waals surface area contributed by atoms with Gasteiger partial charge in [-0.3, -0.25) is 64.9 Å². The molecule has 0 fully saturated rings. The molecule has 2 aliphatic heterocycles. The number of nitrogens with zero attached hydrogens (tertiary/aromatic N) is 10. The largest absolute Gasteiger partial charge is 1.00 e. The van der Waals surface area contributed by atoms with Gasteiger partial charge >= 0.3 is 217 Å². The van der Waals surface area contributed by atoms with Gasteiger partial charge in [0.15, 0.2) is 68.1 Å². The number of cyclic esters (lactones) is 2.